The number of nitrogens with two attached hydrogens (primary N) is 1. The number of pyridine rings is 1. The quantitative estimate of drug-likeness (QED) is 0.162. The maximum absolute atomic E-state index is 11.5. The molecule has 208 valence electrons. The standard InChI is InChI=1S/C28H26Cl3N5O4/c29-20-2-1-3-21(30)26(20)34-23(25(35-32)16-4-5-16)14-40-18-7-8-19(22(31)12-18)28(39)10-11-36(15-28)24-9-6-17(13-33-24)27(37)38/h1-3,6-9,12-13,16,39H,4-5,10-11,14-15,32H2,(H,37,38). The third-order valence-electron chi connectivity index (χ3n) is 6.97. The third-order valence-corrected chi connectivity index (χ3v) is 7.89. The Morgan fingerprint density at radius 2 is 1.88 bits per heavy atom. The van der Waals surface area contributed by atoms with Crippen LogP contribution in [0.15, 0.2) is 64.8 Å². The van der Waals surface area contributed by atoms with E-state index in [9.17, 15) is 9.90 Å². The molecule has 2 heterocycles. The number of aliphatic imine (C=N–C) groups is 1. The number of carbonyl (C=O) groups is 1. The molecule has 0 amide bonds. The van der Waals surface area contributed by atoms with Crippen LogP contribution in [0.25, 0.3) is 0 Å². The lowest BCUT2D eigenvalue weighted by molar-refractivity contribution is 0.0606. The maximum atomic E-state index is 11.5. The van der Waals surface area contributed by atoms with Crippen LogP contribution in [0, 0.1) is 5.92 Å². The number of β-amino-alcohol motifs (C(OH)–C–C–N with tert-alkyl or cyclic N) is 1. The van der Waals surface area contributed by atoms with Crippen molar-refractivity contribution in [1.29, 1.82) is 0 Å². The molecule has 1 saturated carbocycles. The Bertz CT molecular complexity index is 1470. The highest BCUT2D eigenvalue weighted by Crippen LogP contribution is 2.39. The third kappa shape index (κ3) is 6.02. The zero-order valence-electron chi connectivity index (χ0n) is 21.2. The van der Waals surface area contributed by atoms with Gasteiger partial charge in [0.15, 0.2) is 0 Å². The number of aliphatic hydroxyl groups is 1. The van der Waals surface area contributed by atoms with Gasteiger partial charge in [-0.2, -0.15) is 5.10 Å². The molecule has 4 N–H and O–H groups in total. The molecule has 0 radical (unpaired) electrons. The van der Waals surface area contributed by atoms with Crippen molar-refractivity contribution in [3.8, 4) is 5.75 Å². The molecule has 1 unspecified atom stereocenters. The molecule has 9 nitrogen and oxygen atoms in total. The summed E-state index contributed by atoms with van der Waals surface area (Å²) in [4.78, 5) is 21.9. The molecule has 1 aliphatic carbocycles. The number of halogens is 3. The number of aromatic nitrogens is 1. The van der Waals surface area contributed by atoms with Crippen LogP contribution in [-0.4, -0.2) is 52.3 Å². The van der Waals surface area contributed by atoms with Crippen molar-refractivity contribution in [1.82, 2.24) is 4.98 Å². The summed E-state index contributed by atoms with van der Waals surface area (Å²) in [7, 11) is 0. The minimum absolute atomic E-state index is 0.0554. The van der Waals surface area contributed by atoms with Crippen LogP contribution in [0.3, 0.4) is 0 Å². The van der Waals surface area contributed by atoms with E-state index in [-0.39, 0.29) is 24.6 Å². The highest BCUT2D eigenvalue weighted by atomic mass is 35.5. The van der Waals surface area contributed by atoms with Crippen molar-refractivity contribution < 1.29 is 19.7 Å². The molecule has 1 aliphatic heterocycles. The van der Waals surface area contributed by atoms with Crippen LogP contribution in [-0.2, 0) is 5.60 Å². The summed E-state index contributed by atoms with van der Waals surface area (Å²) in [5.41, 5.74) is 1.02. The van der Waals surface area contributed by atoms with E-state index < -0.39 is 11.6 Å². The van der Waals surface area contributed by atoms with Gasteiger partial charge in [-0.15, -0.1) is 0 Å². The van der Waals surface area contributed by atoms with Gasteiger partial charge in [0.1, 0.15) is 35.2 Å². The number of benzene rings is 2. The topological polar surface area (TPSA) is 134 Å². The van der Waals surface area contributed by atoms with E-state index in [1.807, 2.05) is 4.90 Å². The Morgan fingerprint density at radius 3 is 2.48 bits per heavy atom. The summed E-state index contributed by atoms with van der Waals surface area (Å²) < 4.78 is 6.05. The second-order valence-corrected chi connectivity index (χ2v) is 11.0. The normalized spacial score (nSPS) is 19.6. The van der Waals surface area contributed by atoms with Crippen molar-refractivity contribution >= 4 is 63.7 Å². The number of anilines is 1. The minimum atomic E-state index is -1.22. The molecule has 2 aliphatic rings. The first kappa shape index (κ1) is 28.2. The molecule has 12 heteroatoms. The first-order valence-electron chi connectivity index (χ1n) is 12.6. The Morgan fingerprint density at radius 1 is 1.12 bits per heavy atom. The number of hydrogen-bond donors (Lipinski definition) is 3. The van der Waals surface area contributed by atoms with Crippen LogP contribution in [0.2, 0.25) is 15.1 Å². The van der Waals surface area contributed by atoms with Gasteiger partial charge >= 0.3 is 5.97 Å². The zero-order chi connectivity index (χ0) is 28.4. The summed E-state index contributed by atoms with van der Waals surface area (Å²) in [6.07, 6.45) is 3.64. The number of para-hydroxylation sites is 1. The van der Waals surface area contributed by atoms with E-state index in [0.29, 0.717) is 62.3 Å². The van der Waals surface area contributed by atoms with Crippen LogP contribution < -0.4 is 15.5 Å². The highest BCUT2D eigenvalue weighted by Gasteiger charge is 2.40. The van der Waals surface area contributed by atoms with E-state index in [1.165, 1.54) is 12.3 Å². The van der Waals surface area contributed by atoms with Gasteiger partial charge in [-0.3, -0.25) is 0 Å². The highest BCUT2D eigenvalue weighted by molar-refractivity contribution is 6.46. The maximum Gasteiger partial charge on any atom is 0.337 e. The molecule has 5 rings (SSSR count). The molecule has 2 fully saturated rings. The second-order valence-electron chi connectivity index (χ2n) is 9.76. The molecule has 0 bridgehead atoms. The summed E-state index contributed by atoms with van der Waals surface area (Å²) in [6.45, 7) is 0.830. The minimum Gasteiger partial charge on any atom is -0.487 e. The van der Waals surface area contributed by atoms with Gasteiger partial charge in [0.05, 0.1) is 32.9 Å². The predicted octanol–water partition coefficient (Wildman–Crippen LogP) is 5.71. The van der Waals surface area contributed by atoms with E-state index >= 15 is 0 Å². The number of hydrogen-bond acceptors (Lipinski definition) is 8. The summed E-state index contributed by atoms with van der Waals surface area (Å²) in [5.74, 6) is 5.93. The number of nitrogens with zero attached hydrogens (tertiary/aromatic N) is 4. The molecule has 2 aromatic carbocycles. The van der Waals surface area contributed by atoms with Gasteiger partial charge in [0.2, 0.25) is 0 Å². The van der Waals surface area contributed by atoms with Crippen molar-refractivity contribution in [2.45, 2.75) is 24.9 Å². The molecule has 1 saturated heterocycles. The number of ether oxygens (including phenoxy) is 1. The molecular formula is C28H26Cl3N5O4. The van der Waals surface area contributed by atoms with Crippen molar-refractivity contribution in [2.75, 3.05) is 24.6 Å². The fourth-order valence-electron chi connectivity index (χ4n) is 4.69. The van der Waals surface area contributed by atoms with Gasteiger partial charge < -0.3 is 25.7 Å². The zero-order valence-corrected chi connectivity index (χ0v) is 23.5. The van der Waals surface area contributed by atoms with Gasteiger partial charge in [0, 0.05) is 24.2 Å². The fraction of sp³-hybridized carbons (Fsp3) is 0.286. The molecule has 40 heavy (non-hydrogen) atoms. The van der Waals surface area contributed by atoms with Gasteiger partial charge in [-0.25, -0.2) is 14.8 Å². The second kappa shape index (κ2) is 11.6. The summed E-state index contributed by atoms with van der Waals surface area (Å²) in [6, 6.07) is 13.4. The Labute approximate surface area is 245 Å². The number of rotatable bonds is 9. The lowest BCUT2D eigenvalue weighted by atomic mass is 9.93. The van der Waals surface area contributed by atoms with E-state index in [2.05, 4.69) is 15.1 Å². The molecule has 1 atom stereocenters. The Hall–Kier alpha value is -3.37. The Kier molecular flexibility index (Phi) is 8.19. The van der Waals surface area contributed by atoms with Crippen molar-refractivity contribution in [3.63, 3.8) is 0 Å². The number of carboxylic acids is 1. The molecule has 1 aromatic heterocycles. The molecule has 3 aromatic rings. The number of hydrazone groups is 1. The smallest absolute Gasteiger partial charge is 0.337 e. The van der Waals surface area contributed by atoms with E-state index in [1.54, 1.807) is 42.5 Å². The van der Waals surface area contributed by atoms with Crippen LogP contribution >= 0.6 is 34.8 Å². The first-order valence-corrected chi connectivity index (χ1v) is 13.7. The average molecular weight is 603 g/mol. The monoisotopic (exact) mass is 601 g/mol. The SMILES string of the molecule is NN=C(C(COc1ccc(C2(O)CCN(c3ccc(C(=O)O)cn3)C2)c(Cl)c1)=Nc1c(Cl)cccc1Cl)C1CC1. The lowest BCUT2D eigenvalue weighted by Gasteiger charge is -2.25. The van der Waals surface area contributed by atoms with Gasteiger partial charge in [-0.1, -0.05) is 46.9 Å². The molecular weight excluding hydrogens is 577 g/mol. The first-order chi connectivity index (χ1) is 19.2. The Balaban J connectivity index is 1.32. The van der Waals surface area contributed by atoms with Crippen LogP contribution in [0.1, 0.15) is 35.2 Å². The fourth-order valence-corrected chi connectivity index (χ4v) is 5.52. The van der Waals surface area contributed by atoms with Crippen LogP contribution in [0.4, 0.5) is 11.5 Å². The molecule has 0 spiro atoms. The largest absolute Gasteiger partial charge is 0.487 e. The van der Waals surface area contributed by atoms with Gasteiger partial charge in [-0.05, 0) is 55.7 Å². The van der Waals surface area contributed by atoms with Crippen LogP contribution in [0.5, 0.6) is 5.75 Å². The predicted molar refractivity (Wildman–Crippen MR) is 157 cm³/mol. The summed E-state index contributed by atoms with van der Waals surface area (Å²) >= 11 is 19.3. The number of aromatic carboxylic acids is 1. The number of carboxylic acid groups (broad SMARTS) is 1. The van der Waals surface area contributed by atoms with Gasteiger partial charge in [0.25, 0.3) is 0 Å². The van der Waals surface area contributed by atoms with E-state index in [4.69, 9.17) is 50.5 Å². The summed E-state index contributed by atoms with van der Waals surface area (Å²) in [5, 5.41) is 25.7. The lowest BCUT2D eigenvalue weighted by Crippen LogP contribution is -2.31. The van der Waals surface area contributed by atoms with Crippen molar-refractivity contribution in [3.05, 3.63) is 80.9 Å². The van der Waals surface area contributed by atoms with E-state index in [0.717, 1.165) is 12.8 Å². The van der Waals surface area contributed by atoms with Crippen molar-refractivity contribution in [2.24, 2.45) is 21.9 Å². The average Bonchev–Trinajstić information content (AvgIpc) is 3.69.